The second kappa shape index (κ2) is 20.1. The van der Waals surface area contributed by atoms with Crippen molar-refractivity contribution in [3.63, 3.8) is 0 Å². The highest BCUT2D eigenvalue weighted by atomic mass is 35.5. The molecule has 4 heterocycles. The molecule has 6 fully saturated rings. The molecule has 0 radical (unpaired) electrons. The largest absolute Gasteiger partial charge is 0.489 e. The normalized spacial score (nSPS) is 22.1. The monoisotopic (exact) mass is 944 g/mol. The number of ether oxygens (including phenoxy) is 4. The van der Waals surface area contributed by atoms with Crippen LogP contribution in [0.2, 0.25) is 10.0 Å². The molecule has 0 N–H and O–H groups in total. The third-order valence-corrected chi connectivity index (χ3v) is 14.8. The maximum atomic E-state index is 14.7. The Morgan fingerprint density at radius 1 is 0.591 bits per heavy atom. The average Bonchev–Trinajstić information content (AvgIpc) is 4.11. The van der Waals surface area contributed by atoms with Crippen LogP contribution >= 0.6 is 23.2 Å². The van der Waals surface area contributed by atoms with Crippen molar-refractivity contribution in [2.45, 2.75) is 139 Å². The van der Waals surface area contributed by atoms with Crippen molar-refractivity contribution in [2.75, 3.05) is 40.4 Å². The van der Waals surface area contributed by atoms with Crippen LogP contribution in [0.5, 0.6) is 11.5 Å². The second-order valence-electron chi connectivity index (χ2n) is 19.1. The lowest BCUT2D eigenvalue weighted by Gasteiger charge is -2.37. The zero-order valence-electron chi connectivity index (χ0n) is 38.3. The minimum atomic E-state index is -0.653. The zero-order valence-corrected chi connectivity index (χ0v) is 39.8. The SMILES string of the molecule is COC(=O)c1cc(C2CC2)c(O[C@@H]2CCCN([C@@H](C)c3ccc(Cl)c(C4CC4)n3)C2)cc1F.COC(=O)c1cc(C2CC2)c(O[C@@H]2CCCN([C@H](C)c3ccc(Cl)c(C4CC4)n3)C2)cc1F. The molecule has 10 rings (SSSR count). The van der Waals surface area contributed by atoms with Gasteiger partial charge in [-0.25, -0.2) is 18.4 Å². The first-order valence-corrected chi connectivity index (χ1v) is 24.6. The van der Waals surface area contributed by atoms with Gasteiger partial charge < -0.3 is 18.9 Å². The molecule has 0 bridgehead atoms. The van der Waals surface area contributed by atoms with Crippen molar-refractivity contribution in [1.29, 1.82) is 0 Å². The fourth-order valence-corrected chi connectivity index (χ4v) is 10.1. The van der Waals surface area contributed by atoms with Gasteiger partial charge in [-0.05, 0) is 163 Å². The second-order valence-corrected chi connectivity index (χ2v) is 19.9. The van der Waals surface area contributed by atoms with Crippen molar-refractivity contribution in [1.82, 2.24) is 19.8 Å². The molecule has 14 heteroatoms. The minimum absolute atomic E-state index is 0.0223. The number of benzene rings is 2. The molecule has 4 aromatic rings. The van der Waals surface area contributed by atoms with E-state index in [1.807, 2.05) is 24.3 Å². The third kappa shape index (κ3) is 10.8. The predicted molar refractivity (Wildman–Crippen MR) is 249 cm³/mol. The van der Waals surface area contributed by atoms with Crippen LogP contribution in [-0.4, -0.2) is 84.3 Å². The summed E-state index contributed by atoms with van der Waals surface area (Å²) in [6.45, 7) is 7.78. The number of hydrogen-bond acceptors (Lipinski definition) is 10. The smallest absolute Gasteiger partial charge is 0.340 e. The van der Waals surface area contributed by atoms with E-state index in [4.69, 9.17) is 52.1 Å². The summed E-state index contributed by atoms with van der Waals surface area (Å²) in [7, 11) is 2.54. The Labute approximate surface area is 396 Å². The summed E-state index contributed by atoms with van der Waals surface area (Å²) in [5.41, 5.74) is 5.91. The summed E-state index contributed by atoms with van der Waals surface area (Å²) >= 11 is 12.8. The van der Waals surface area contributed by atoms with E-state index in [0.29, 0.717) is 35.2 Å². The van der Waals surface area contributed by atoms with Crippen LogP contribution in [0.3, 0.4) is 0 Å². The zero-order chi connectivity index (χ0) is 46.2. The number of likely N-dealkylation sites (tertiary alicyclic amines) is 2. The Balaban J connectivity index is 0.000000166. The van der Waals surface area contributed by atoms with Crippen molar-refractivity contribution in [2.24, 2.45) is 0 Å². The molecule has 6 aliphatic rings. The highest BCUT2D eigenvalue weighted by Gasteiger charge is 2.36. The molecule has 0 unspecified atom stereocenters. The molecule has 4 saturated carbocycles. The molecule has 2 aliphatic heterocycles. The fraction of sp³-hybridized carbons (Fsp3) is 0.538. The van der Waals surface area contributed by atoms with Gasteiger partial charge in [0, 0.05) is 49.1 Å². The van der Waals surface area contributed by atoms with Crippen molar-refractivity contribution >= 4 is 35.1 Å². The number of aromatic nitrogens is 2. The van der Waals surface area contributed by atoms with Crippen LogP contribution in [-0.2, 0) is 9.47 Å². The molecule has 4 aliphatic carbocycles. The first kappa shape index (κ1) is 46.7. The Bertz CT molecular complexity index is 2280. The summed E-state index contributed by atoms with van der Waals surface area (Å²) in [5.74, 6) is 0.269. The first-order valence-electron chi connectivity index (χ1n) is 23.9. The van der Waals surface area contributed by atoms with E-state index in [1.54, 1.807) is 12.1 Å². The van der Waals surface area contributed by atoms with Crippen LogP contribution in [0.25, 0.3) is 0 Å². The number of piperidine rings is 2. The van der Waals surface area contributed by atoms with Gasteiger partial charge in [0.1, 0.15) is 35.3 Å². The molecule has 4 atom stereocenters. The van der Waals surface area contributed by atoms with E-state index in [2.05, 4.69) is 23.6 Å². The molecular weight excluding hydrogens is 885 g/mol. The Hall–Kier alpha value is -4.36. The molecule has 2 saturated heterocycles. The topological polar surface area (TPSA) is 103 Å². The Kier molecular flexibility index (Phi) is 14.2. The molecule has 66 heavy (non-hydrogen) atoms. The summed E-state index contributed by atoms with van der Waals surface area (Å²) in [4.78, 5) is 38.5. The van der Waals surface area contributed by atoms with E-state index in [0.717, 1.165) is 121 Å². The molecule has 0 amide bonds. The van der Waals surface area contributed by atoms with Gasteiger partial charge in [0.15, 0.2) is 0 Å². The number of carbonyl (C=O) groups excluding carboxylic acids is 2. The number of pyridine rings is 2. The summed E-state index contributed by atoms with van der Waals surface area (Å²) in [5, 5.41) is 1.52. The number of halogens is 4. The minimum Gasteiger partial charge on any atom is -0.489 e. The highest BCUT2D eigenvalue weighted by Crippen LogP contribution is 2.48. The quantitative estimate of drug-likeness (QED) is 0.114. The van der Waals surface area contributed by atoms with Crippen molar-refractivity contribution < 1.29 is 37.3 Å². The maximum absolute atomic E-state index is 14.7. The lowest BCUT2D eigenvalue weighted by Crippen LogP contribution is -2.42. The molecule has 2 aromatic heterocycles. The van der Waals surface area contributed by atoms with Crippen molar-refractivity contribution in [3.05, 3.63) is 115 Å². The van der Waals surface area contributed by atoms with Gasteiger partial charge in [0.05, 0.1) is 58.2 Å². The van der Waals surface area contributed by atoms with Gasteiger partial charge in [0.2, 0.25) is 0 Å². The summed E-state index contributed by atoms with van der Waals surface area (Å²) in [6, 6.07) is 14.3. The van der Waals surface area contributed by atoms with Gasteiger partial charge in [-0.1, -0.05) is 23.2 Å². The molecule has 2 aromatic carbocycles. The number of nitrogens with zero attached hydrogens (tertiary/aromatic N) is 4. The summed E-state index contributed by atoms with van der Waals surface area (Å²) in [6.07, 6.45) is 12.5. The Morgan fingerprint density at radius 2 is 0.970 bits per heavy atom. The molecule has 10 nitrogen and oxygen atoms in total. The van der Waals surface area contributed by atoms with E-state index >= 15 is 0 Å². The van der Waals surface area contributed by atoms with Gasteiger partial charge >= 0.3 is 11.9 Å². The Morgan fingerprint density at radius 3 is 1.32 bits per heavy atom. The van der Waals surface area contributed by atoms with Crippen molar-refractivity contribution in [3.8, 4) is 11.5 Å². The van der Waals surface area contributed by atoms with Crippen LogP contribution in [0.15, 0.2) is 48.5 Å². The van der Waals surface area contributed by atoms with Crippen LogP contribution < -0.4 is 9.47 Å². The van der Waals surface area contributed by atoms with Gasteiger partial charge in [-0.2, -0.15) is 0 Å². The van der Waals surface area contributed by atoms with Crippen LogP contribution in [0.1, 0.15) is 181 Å². The van der Waals surface area contributed by atoms with Crippen LogP contribution in [0.4, 0.5) is 8.78 Å². The van der Waals surface area contributed by atoms with Gasteiger partial charge in [-0.3, -0.25) is 19.8 Å². The lowest BCUT2D eigenvalue weighted by atomic mass is 10.0. The first-order chi connectivity index (χ1) is 31.9. The third-order valence-electron chi connectivity index (χ3n) is 14.1. The van der Waals surface area contributed by atoms with E-state index in [9.17, 15) is 18.4 Å². The standard InChI is InChI=1S/2C26H30ClFN2O3/c2*1-15(23-10-9-21(27)25(29-23)17-7-8-17)30-11-3-4-18(14-30)33-24-13-22(28)20(26(31)32-2)12-19(24)16-5-6-16/h2*9-10,12-13,15-18H,3-8,11,14H2,1-2H3/t15-,18+;15-,18-/m01/s1. The number of hydrogen-bond donors (Lipinski definition) is 0. The van der Waals surface area contributed by atoms with E-state index < -0.39 is 23.6 Å². The highest BCUT2D eigenvalue weighted by molar-refractivity contribution is 6.31. The van der Waals surface area contributed by atoms with Crippen LogP contribution in [0, 0.1) is 11.6 Å². The summed E-state index contributed by atoms with van der Waals surface area (Å²) < 4.78 is 51.5. The number of rotatable bonds is 14. The van der Waals surface area contributed by atoms with E-state index in [-0.39, 0.29) is 35.4 Å². The maximum Gasteiger partial charge on any atom is 0.340 e. The molecular formula is C52H60Cl2F2N4O6. The van der Waals surface area contributed by atoms with E-state index in [1.165, 1.54) is 52.0 Å². The molecule has 352 valence electrons. The number of carbonyl (C=O) groups is 2. The predicted octanol–water partition coefficient (Wildman–Crippen LogP) is 12.0. The van der Waals surface area contributed by atoms with Gasteiger partial charge in [-0.15, -0.1) is 0 Å². The molecule has 0 spiro atoms. The number of esters is 2. The fourth-order valence-electron chi connectivity index (χ4n) is 9.57. The average molecular weight is 946 g/mol. The lowest BCUT2D eigenvalue weighted by molar-refractivity contribution is 0.0582. The van der Waals surface area contributed by atoms with Gasteiger partial charge in [0.25, 0.3) is 0 Å². The number of methoxy groups -OCH3 is 2.